The molecule has 0 fully saturated rings. The van der Waals surface area contributed by atoms with Gasteiger partial charge in [0.2, 0.25) is 0 Å². The fraction of sp³-hybridized carbons (Fsp3) is 0.400. The molecule has 0 atom stereocenters. The molecule has 5 nitrogen and oxygen atoms in total. The van der Waals surface area contributed by atoms with Gasteiger partial charge in [0.1, 0.15) is 17.5 Å². The van der Waals surface area contributed by atoms with Gasteiger partial charge in [-0.15, -0.1) is 0 Å². The van der Waals surface area contributed by atoms with E-state index in [1.807, 2.05) is 31.3 Å². The smallest absolute Gasteiger partial charge is 0.134 e. The number of aryl methyl sites for hydroxylation is 1. The Labute approximate surface area is 119 Å². The third-order valence-electron chi connectivity index (χ3n) is 3.10. The van der Waals surface area contributed by atoms with E-state index in [2.05, 4.69) is 27.2 Å². The maximum atomic E-state index is 5.93. The number of pyridine rings is 1. The van der Waals surface area contributed by atoms with Crippen LogP contribution in [0.15, 0.2) is 24.4 Å². The van der Waals surface area contributed by atoms with Gasteiger partial charge in [0, 0.05) is 36.8 Å². The van der Waals surface area contributed by atoms with Crippen molar-refractivity contribution in [3.63, 3.8) is 0 Å². The molecule has 3 N–H and O–H groups in total. The Hall–Kier alpha value is -2.17. The van der Waals surface area contributed by atoms with Crippen molar-refractivity contribution in [2.24, 2.45) is 0 Å². The standard InChI is InChI=1S/C15H21N5/c1-3-6-13-19-14(16)11(2)15(20-13)18-10-8-12-7-4-5-9-17-12/h4-5,7,9H,3,6,8,10H2,1-2H3,(H3,16,18,19,20). The van der Waals surface area contributed by atoms with Crippen molar-refractivity contribution in [3.05, 3.63) is 41.5 Å². The van der Waals surface area contributed by atoms with E-state index in [-0.39, 0.29) is 0 Å². The normalized spacial score (nSPS) is 10.5. The zero-order valence-electron chi connectivity index (χ0n) is 12.1. The molecule has 20 heavy (non-hydrogen) atoms. The predicted octanol–water partition coefficient (Wildman–Crippen LogP) is 2.37. The van der Waals surface area contributed by atoms with Gasteiger partial charge >= 0.3 is 0 Å². The minimum absolute atomic E-state index is 0.559. The molecule has 0 amide bonds. The van der Waals surface area contributed by atoms with E-state index in [4.69, 9.17) is 5.73 Å². The molecule has 0 radical (unpaired) electrons. The minimum Gasteiger partial charge on any atom is -0.383 e. The highest BCUT2D eigenvalue weighted by Gasteiger charge is 2.08. The maximum Gasteiger partial charge on any atom is 0.134 e. The van der Waals surface area contributed by atoms with Crippen LogP contribution < -0.4 is 11.1 Å². The Kier molecular flexibility index (Phi) is 4.87. The largest absolute Gasteiger partial charge is 0.383 e. The molecule has 5 heteroatoms. The second-order valence-corrected chi connectivity index (χ2v) is 4.75. The number of rotatable bonds is 6. The first-order valence-electron chi connectivity index (χ1n) is 6.97. The van der Waals surface area contributed by atoms with E-state index < -0.39 is 0 Å². The molecule has 0 aliphatic heterocycles. The molecule has 0 aliphatic rings. The summed E-state index contributed by atoms with van der Waals surface area (Å²) in [5.74, 6) is 2.19. The maximum absolute atomic E-state index is 5.93. The van der Waals surface area contributed by atoms with Crippen molar-refractivity contribution in [2.45, 2.75) is 33.1 Å². The summed E-state index contributed by atoms with van der Waals surface area (Å²) in [6, 6.07) is 5.93. The summed E-state index contributed by atoms with van der Waals surface area (Å²) in [6.07, 6.45) is 4.52. The molecule has 2 aromatic rings. The SMILES string of the molecule is CCCc1nc(N)c(C)c(NCCc2ccccn2)n1. The van der Waals surface area contributed by atoms with E-state index in [0.29, 0.717) is 5.82 Å². The summed E-state index contributed by atoms with van der Waals surface area (Å²) in [6.45, 7) is 4.82. The number of nitrogen functional groups attached to an aromatic ring is 1. The topological polar surface area (TPSA) is 76.7 Å². The minimum atomic E-state index is 0.559. The van der Waals surface area contributed by atoms with Crippen molar-refractivity contribution < 1.29 is 0 Å². The second kappa shape index (κ2) is 6.84. The van der Waals surface area contributed by atoms with Gasteiger partial charge in [-0.3, -0.25) is 4.98 Å². The number of aromatic nitrogens is 3. The molecule has 0 aliphatic carbocycles. The van der Waals surface area contributed by atoms with Crippen LogP contribution >= 0.6 is 0 Å². The first-order chi connectivity index (χ1) is 9.70. The number of nitrogens with one attached hydrogen (secondary N) is 1. The van der Waals surface area contributed by atoms with Crippen LogP contribution in [0.2, 0.25) is 0 Å². The molecular weight excluding hydrogens is 250 g/mol. The fourth-order valence-corrected chi connectivity index (χ4v) is 1.94. The van der Waals surface area contributed by atoms with Crippen LogP contribution in [0.4, 0.5) is 11.6 Å². The summed E-state index contributed by atoms with van der Waals surface area (Å²) in [4.78, 5) is 13.1. The average Bonchev–Trinajstić information content (AvgIpc) is 2.45. The first-order valence-corrected chi connectivity index (χ1v) is 6.97. The zero-order chi connectivity index (χ0) is 14.4. The first kappa shape index (κ1) is 14.2. The van der Waals surface area contributed by atoms with Gasteiger partial charge in [0.25, 0.3) is 0 Å². The van der Waals surface area contributed by atoms with Crippen molar-refractivity contribution >= 4 is 11.6 Å². The highest BCUT2D eigenvalue weighted by Crippen LogP contribution is 2.17. The van der Waals surface area contributed by atoms with Gasteiger partial charge in [-0.1, -0.05) is 13.0 Å². The Bertz CT molecular complexity index is 554. The summed E-state index contributed by atoms with van der Waals surface area (Å²) in [5.41, 5.74) is 7.90. The number of anilines is 2. The Morgan fingerprint density at radius 3 is 2.75 bits per heavy atom. The van der Waals surface area contributed by atoms with Crippen LogP contribution in [0.5, 0.6) is 0 Å². The van der Waals surface area contributed by atoms with Crippen LogP contribution in [0.25, 0.3) is 0 Å². The molecule has 2 aromatic heterocycles. The zero-order valence-corrected chi connectivity index (χ0v) is 12.1. The highest BCUT2D eigenvalue weighted by molar-refractivity contribution is 5.54. The lowest BCUT2D eigenvalue weighted by Gasteiger charge is -2.11. The Balaban J connectivity index is 2.01. The number of hydrogen-bond donors (Lipinski definition) is 2. The van der Waals surface area contributed by atoms with E-state index in [1.165, 1.54) is 0 Å². The molecule has 0 bridgehead atoms. The summed E-state index contributed by atoms with van der Waals surface area (Å²) < 4.78 is 0. The molecule has 2 heterocycles. The van der Waals surface area contributed by atoms with Gasteiger partial charge in [-0.25, -0.2) is 9.97 Å². The van der Waals surface area contributed by atoms with Crippen LogP contribution in [0.3, 0.4) is 0 Å². The molecule has 0 spiro atoms. The van der Waals surface area contributed by atoms with Gasteiger partial charge in [0.15, 0.2) is 0 Å². The van der Waals surface area contributed by atoms with Crippen LogP contribution in [-0.2, 0) is 12.8 Å². The van der Waals surface area contributed by atoms with Crippen LogP contribution in [0.1, 0.15) is 30.4 Å². The van der Waals surface area contributed by atoms with E-state index >= 15 is 0 Å². The molecule has 106 valence electrons. The van der Waals surface area contributed by atoms with Crippen molar-refractivity contribution in [1.29, 1.82) is 0 Å². The predicted molar refractivity (Wildman–Crippen MR) is 81.6 cm³/mol. The summed E-state index contributed by atoms with van der Waals surface area (Å²) in [7, 11) is 0. The van der Waals surface area contributed by atoms with Crippen LogP contribution in [0, 0.1) is 6.92 Å². The number of nitrogens with two attached hydrogens (primary N) is 1. The van der Waals surface area contributed by atoms with Gasteiger partial charge < -0.3 is 11.1 Å². The number of nitrogens with zero attached hydrogens (tertiary/aromatic N) is 3. The molecule has 2 rings (SSSR count). The quantitative estimate of drug-likeness (QED) is 0.843. The highest BCUT2D eigenvalue weighted by atomic mass is 15.1. The lowest BCUT2D eigenvalue weighted by molar-refractivity contribution is 0.831. The average molecular weight is 271 g/mol. The Morgan fingerprint density at radius 1 is 1.20 bits per heavy atom. The van der Waals surface area contributed by atoms with E-state index in [0.717, 1.165) is 48.7 Å². The van der Waals surface area contributed by atoms with Crippen LogP contribution in [-0.4, -0.2) is 21.5 Å². The molecule has 0 saturated heterocycles. The summed E-state index contributed by atoms with van der Waals surface area (Å²) in [5, 5.41) is 3.33. The van der Waals surface area contributed by atoms with E-state index in [1.54, 1.807) is 0 Å². The lowest BCUT2D eigenvalue weighted by Crippen LogP contribution is -2.12. The monoisotopic (exact) mass is 271 g/mol. The van der Waals surface area contributed by atoms with Gasteiger partial charge in [-0.05, 0) is 25.5 Å². The van der Waals surface area contributed by atoms with Crippen molar-refractivity contribution in [1.82, 2.24) is 15.0 Å². The number of hydrogen-bond acceptors (Lipinski definition) is 5. The van der Waals surface area contributed by atoms with Gasteiger partial charge in [-0.2, -0.15) is 0 Å². The molecular formula is C15H21N5. The molecule has 0 unspecified atom stereocenters. The van der Waals surface area contributed by atoms with Crippen molar-refractivity contribution in [3.8, 4) is 0 Å². The third kappa shape index (κ3) is 3.66. The Morgan fingerprint density at radius 2 is 2.05 bits per heavy atom. The third-order valence-corrected chi connectivity index (χ3v) is 3.10. The molecule has 0 aromatic carbocycles. The molecule has 0 saturated carbocycles. The van der Waals surface area contributed by atoms with Gasteiger partial charge in [0.05, 0.1) is 0 Å². The fourth-order valence-electron chi connectivity index (χ4n) is 1.94. The second-order valence-electron chi connectivity index (χ2n) is 4.75. The van der Waals surface area contributed by atoms with E-state index in [9.17, 15) is 0 Å². The lowest BCUT2D eigenvalue weighted by atomic mass is 10.2. The van der Waals surface area contributed by atoms with Crippen molar-refractivity contribution in [2.75, 3.05) is 17.6 Å². The summed E-state index contributed by atoms with van der Waals surface area (Å²) >= 11 is 0.